The first kappa shape index (κ1) is 12.0. The summed E-state index contributed by atoms with van der Waals surface area (Å²) in [6.45, 7) is 0.772. The van der Waals surface area contributed by atoms with Crippen molar-refractivity contribution in [1.82, 2.24) is 0 Å². The number of nitrogens with one attached hydrogen (secondary N) is 1. The normalized spacial score (nSPS) is 14.5. The van der Waals surface area contributed by atoms with E-state index in [0.29, 0.717) is 0 Å². The second-order valence-electron chi connectivity index (χ2n) is 5.15. The third kappa shape index (κ3) is 2.55. The second-order valence-corrected chi connectivity index (χ2v) is 5.15. The van der Waals surface area contributed by atoms with Gasteiger partial charge in [0.1, 0.15) is 11.6 Å². The Balaban J connectivity index is 1.91. The Morgan fingerprint density at radius 2 is 1.89 bits per heavy atom. The van der Waals surface area contributed by atoms with Crippen molar-refractivity contribution in [2.45, 2.75) is 19.3 Å². The number of nitrogen functional groups attached to an aromatic ring is 1. The molecule has 2 aromatic rings. The molecule has 0 spiro atoms. The topological polar surface area (TPSA) is 59.1 Å². The van der Waals surface area contributed by atoms with Crippen molar-refractivity contribution in [1.29, 1.82) is 5.41 Å². The highest BCUT2D eigenvalue weighted by atomic mass is 16.5. The Kier molecular flexibility index (Phi) is 3.11. The predicted octanol–water partition coefficient (Wildman–Crippen LogP) is 3.30. The smallest absolute Gasteiger partial charge is 0.127 e. The number of ether oxygens (including phenoxy) is 1. The molecule has 0 aromatic heterocycles. The molecule has 1 aliphatic carbocycles. The molecule has 3 nitrogen and oxygen atoms in total. The molecule has 0 amide bonds. The fourth-order valence-corrected chi connectivity index (χ4v) is 2.37. The number of fused-ring (bicyclic) bond motifs is 1. The zero-order valence-corrected chi connectivity index (χ0v) is 10.9. The minimum Gasteiger partial charge on any atom is -0.493 e. The summed E-state index contributed by atoms with van der Waals surface area (Å²) in [7, 11) is 0. The van der Waals surface area contributed by atoms with Crippen molar-refractivity contribution >= 4 is 16.6 Å². The standard InChI is InChI=1S/C16H18N2O/c17-16(18)14-7-8-15(19-10-9-11-5-6-11)13-4-2-1-3-12(13)14/h1-4,7-8,11H,5-6,9-10H2,(H3,17,18). The van der Waals surface area contributed by atoms with E-state index in [0.717, 1.165) is 41.0 Å². The van der Waals surface area contributed by atoms with Gasteiger partial charge >= 0.3 is 0 Å². The first-order valence-corrected chi connectivity index (χ1v) is 6.74. The molecule has 0 saturated heterocycles. The number of nitrogens with two attached hydrogens (primary N) is 1. The van der Waals surface area contributed by atoms with Gasteiger partial charge in [0.2, 0.25) is 0 Å². The van der Waals surface area contributed by atoms with Crippen molar-refractivity contribution in [2.24, 2.45) is 11.7 Å². The van der Waals surface area contributed by atoms with Crippen LogP contribution in [0.25, 0.3) is 10.8 Å². The molecule has 19 heavy (non-hydrogen) atoms. The Morgan fingerprint density at radius 3 is 2.58 bits per heavy atom. The van der Waals surface area contributed by atoms with E-state index in [1.807, 2.05) is 36.4 Å². The molecule has 0 radical (unpaired) electrons. The Hall–Kier alpha value is -2.03. The lowest BCUT2D eigenvalue weighted by atomic mass is 10.0. The van der Waals surface area contributed by atoms with E-state index in [4.69, 9.17) is 15.9 Å². The third-order valence-electron chi connectivity index (χ3n) is 3.65. The minimum atomic E-state index is 0.0979. The Bertz CT molecular complexity index is 617. The van der Waals surface area contributed by atoms with Crippen LogP contribution >= 0.6 is 0 Å². The van der Waals surface area contributed by atoms with Crippen LogP contribution in [0.1, 0.15) is 24.8 Å². The molecule has 0 bridgehead atoms. The molecule has 1 fully saturated rings. The predicted molar refractivity (Wildman–Crippen MR) is 77.8 cm³/mol. The van der Waals surface area contributed by atoms with E-state index in [9.17, 15) is 0 Å². The zero-order chi connectivity index (χ0) is 13.2. The minimum absolute atomic E-state index is 0.0979. The molecule has 0 unspecified atom stereocenters. The van der Waals surface area contributed by atoms with Crippen LogP contribution in [-0.4, -0.2) is 12.4 Å². The van der Waals surface area contributed by atoms with E-state index in [1.54, 1.807) is 0 Å². The van der Waals surface area contributed by atoms with Crippen LogP contribution < -0.4 is 10.5 Å². The van der Waals surface area contributed by atoms with Gasteiger partial charge in [-0.15, -0.1) is 0 Å². The van der Waals surface area contributed by atoms with Crippen molar-refractivity contribution in [3.8, 4) is 5.75 Å². The number of hydrogen-bond donors (Lipinski definition) is 2. The SMILES string of the molecule is N=C(N)c1ccc(OCCC2CC2)c2ccccc12. The molecule has 1 aliphatic rings. The summed E-state index contributed by atoms with van der Waals surface area (Å²) in [6.07, 6.45) is 3.85. The highest BCUT2D eigenvalue weighted by Crippen LogP contribution is 2.33. The quantitative estimate of drug-likeness (QED) is 0.635. The molecule has 3 rings (SSSR count). The maximum atomic E-state index is 7.63. The molecule has 2 aromatic carbocycles. The summed E-state index contributed by atoms with van der Waals surface area (Å²) in [5.74, 6) is 1.87. The molecule has 3 N–H and O–H groups in total. The molecular weight excluding hydrogens is 236 g/mol. The number of benzene rings is 2. The summed E-state index contributed by atoms with van der Waals surface area (Å²) in [5, 5.41) is 9.65. The monoisotopic (exact) mass is 254 g/mol. The van der Waals surface area contributed by atoms with Crippen LogP contribution in [-0.2, 0) is 0 Å². The average molecular weight is 254 g/mol. The van der Waals surface area contributed by atoms with Crippen LogP contribution in [0.5, 0.6) is 5.75 Å². The van der Waals surface area contributed by atoms with Crippen LogP contribution in [0, 0.1) is 11.3 Å². The molecule has 1 saturated carbocycles. The van der Waals surface area contributed by atoms with Crippen molar-refractivity contribution in [3.05, 3.63) is 42.0 Å². The molecular formula is C16H18N2O. The lowest BCUT2D eigenvalue weighted by molar-refractivity contribution is 0.306. The fourth-order valence-electron chi connectivity index (χ4n) is 2.37. The number of rotatable bonds is 5. The largest absolute Gasteiger partial charge is 0.493 e. The summed E-state index contributed by atoms with van der Waals surface area (Å²) >= 11 is 0. The maximum Gasteiger partial charge on any atom is 0.127 e. The van der Waals surface area contributed by atoms with Gasteiger partial charge < -0.3 is 10.5 Å². The summed E-state index contributed by atoms with van der Waals surface area (Å²) in [5.41, 5.74) is 6.39. The zero-order valence-electron chi connectivity index (χ0n) is 10.9. The van der Waals surface area contributed by atoms with Crippen LogP contribution in [0.3, 0.4) is 0 Å². The Morgan fingerprint density at radius 1 is 1.16 bits per heavy atom. The van der Waals surface area contributed by atoms with Gasteiger partial charge in [0.25, 0.3) is 0 Å². The third-order valence-corrected chi connectivity index (χ3v) is 3.65. The van der Waals surface area contributed by atoms with E-state index < -0.39 is 0 Å². The number of hydrogen-bond acceptors (Lipinski definition) is 2. The van der Waals surface area contributed by atoms with Gasteiger partial charge in [0.05, 0.1) is 6.61 Å². The van der Waals surface area contributed by atoms with Gasteiger partial charge in [-0.2, -0.15) is 0 Å². The van der Waals surface area contributed by atoms with Gasteiger partial charge in [0, 0.05) is 10.9 Å². The van der Waals surface area contributed by atoms with Gasteiger partial charge in [0.15, 0.2) is 0 Å². The lowest BCUT2D eigenvalue weighted by Gasteiger charge is -2.11. The highest BCUT2D eigenvalue weighted by molar-refractivity contribution is 6.09. The van der Waals surface area contributed by atoms with Crippen LogP contribution in [0.2, 0.25) is 0 Å². The van der Waals surface area contributed by atoms with Gasteiger partial charge in [-0.25, -0.2) is 0 Å². The molecule has 0 aliphatic heterocycles. The maximum absolute atomic E-state index is 7.63. The molecule has 3 heteroatoms. The van der Waals surface area contributed by atoms with E-state index in [2.05, 4.69) is 0 Å². The van der Waals surface area contributed by atoms with Gasteiger partial charge in [-0.1, -0.05) is 37.1 Å². The summed E-state index contributed by atoms with van der Waals surface area (Å²) in [6, 6.07) is 11.7. The van der Waals surface area contributed by atoms with Crippen molar-refractivity contribution in [3.63, 3.8) is 0 Å². The van der Waals surface area contributed by atoms with Crippen LogP contribution in [0.15, 0.2) is 36.4 Å². The van der Waals surface area contributed by atoms with E-state index >= 15 is 0 Å². The lowest BCUT2D eigenvalue weighted by Crippen LogP contribution is -2.11. The van der Waals surface area contributed by atoms with Crippen molar-refractivity contribution in [2.75, 3.05) is 6.61 Å². The fraction of sp³-hybridized carbons (Fsp3) is 0.312. The van der Waals surface area contributed by atoms with Crippen LogP contribution in [0.4, 0.5) is 0 Å². The molecule has 0 atom stereocenters. The second kappa shape index (κ2) is 4.92. The van der Waals surface area contributed by atoms with E-state index in [1.165, 1.54) is 12.8 Å². The van der Waals surface area contributed by atoms with E-state index in [-0.39, 0.29) is 5.84 Å². The number of amidine groups is 1. The Labute approximate surface area is 112 Å². The first-order valence-electron chi connectivity index (χ1n) is 6.74. The van der Waals surface area contributed by atoms with Gasteiger partial charge in [-0.05, 0) is 29.9 Å². The molecule has 98 valence electrons. The van der Waals surface area contributed by atoms with Crippen molar-refractivity contribution < 1.29 is 4.74 Å². The summed E-state index contributed by atoms with van der Waals surface area (Å²) < 4.78 is 5.89. The molecule has 0 heterocycles. The highest BCUT2D eigenvalue weighted by Gasteiger charge is 2.20. The summed E-state index contributed by atoms with van der Waals surface area (Å²) in [4.78, 5) is 0. The van der Waals surface area contributed by atoms with Gasteiger partial charge in [-0.3, -0.25) is 5.41 Å². The average Bonchev–Trinajstić information content (AvgIpc) is 3.22. The first-order chi connectivity index (χ1) is 9.25.